The molecule has 0 radical (unpaired) electrons. The van der Waals surface area contributed by atoms with Crippen LogP contribution in [-0.2, 0) is 20.8 Å². The molecule has 5 aliphatic rings. The van der Waals surface area contributed by atoms with Crippen LogP contribution in [0.2, 0.25) is 5.02 Å². The van der Waals surface area contributed by atoms with E-state index in [1.165, 1.54) is 6.07 Å². The second kappa shape index (κ2) is 11.1. The lowest BCUT2D eigenvalue weighted by atomic mass is 9.66. The third-order valence-electron chi connectivity index (χ3n) is 10.6. The van der Waals surface area contributed by atoms with Gasteiger partial charge in [0.1, 0.15) is 6.61 Å². The molecule has 5 N–H and O–H groups in total. The molecule has 2 amide bonds. The van der Waals surface area contributed by atoms with Gasteiger partial charge in [0.15, 0.2) is 11.6 Å². The largest absolute Gasteiger partial charge is 0.484 e. The summed E-state index contributed by atoms with van der Waals surface area (Å²) in [7, 11) is 0. The van der Waals surface area contributed by atoms with Crippen LogP contribution in [0, 0.1) is 22.6 Å². The third kappa shape index (κ3) is 5.32. The van der Waals surface area contributed by atoms with Gasteiger partial charge < -0.3 is 30.4 Å². The molecule has 43 heavy (non-hydrogen) atoms. The Kier molecular flexibility index (Phi) is 7.77. The summed E-state index contributed by atoms with van der Waals surface area (Å²) in [5.41, 5.74) is 7.35. The maximum Gasteiger partial charge on any atom is 0.310 e. The smallest absolute Gasteiger partial charge is 0.310 e. The molecule has 3 atom stereocenters. The van der Waals surface area contributed by atoms with E-state index in [-0.39, 0.29) is 47.7 Å². The number of hydrogen-bond donors (Lipinski definition) is 3. The van der Waals surface area contributed by atoms with Crippen LogP contribution in [0.3, 0.4) is 0 Å². The van der Waals surface area contributed by atoms with Gasteiger partial charge in [-0.1, -0.05) is 24.4 Å². The number of amides is 2. The lowest BCUT2D eigenvalue weighted by Gasteiger charge is -2.45. The number of nitrogens with two attached hydrogens (primary N) is 2. The summed E-state index contributed by atoms with van der Waals surface area (Å²) >= 11 is 6.62. The number of benzene rings is 1. The molecule has 4 fully saturated rings. The highest BCUT2D eigenvalue weighted by molar-refractivity contribution is 6.31. The maximum absolute atomic E-state index is 15.8. The quantitative estimate of drug-likeness (QED) is 0.393. The van der Waals surface area contributed by atoms with Crippen molar-refractivity contribution in [2.45, 2.75) is 77.2 Å². The first-order valence-corrected chi connectivity index (χ1v) is 15.8. The second-order valence-corrected chi connectivity index (χ2v) is 13.8. The lowest BCUT2D eigenvalue weighted by Crippen LogP contribution is -2.52. The molecule has 0 bridgehead atoms. The van der Waals surface area contributed by atoms with Crippen molar-refractivity contribution >= 4 is 29.4 Å². The Labute approximate surface area is 256 Å². The number of hydrogen-bond acceptors (Lipinski definition) is 7. The van der Waals surface area contributed by atoms with E-state index in [1.54, 1.807) is 21.7 Å². The molecule has 6 rings (SSSR count). The molecule has 2 saturated heterocycles. The first-order chi connectivity index (χ1) is 20.4. The molecular weight excluding hydrogens is 577 g/mol. The van der Waals surface area contributed by atoms with Crippen LogP contribution in [0.4, 0.5) is 4.39 Å². The number of likely N-dealkylation sites (tertiary alicyclic amines) is 1. The van der Waals surface area contributed by atoms with Gasteiger partial charge in [-0.3, -0.25) is 14.4 Å². The normalized spacial score (nSPS) is 29.2. The van der Waals surface area contributed by atoms with Gasteiger partial charge in [-0.05, 0) is 68.9 Å². The number of allylic oxidation sites excluding steroid dienone is 1. The Bertz CT molecular complexity index is 1380. The standard InChI is InChI=1S/C31H41ClFN5O5/c1-30(29(41)42)8-3-2-5-19(30)28(40)37-12-7-18-20(32)13-21(33)27(43-16-22(34)23-6-4-11-38(23)35)26(18)24(37)15-36-17-31(9-10-31)14-25(36)39/h13,19,24H,2-12,14-17,34-35H2,1H3,(H,41,42)/b23-22-/t19-,24+,30-/m0/s1. The predicted octanol–water partition coefficient (Wildman–Crippen LogP) is 3.72. The summed E-state index contributed by atoms with van der Waals surface area (Å²) in [5.74, 6) is 3.31. The third-order valence-corrected chi connectivity index (χ3v) is 10.9. The number of fused-ring (bicyclic) bond motifs is 1. The Hall–Kier alpha value is -3.05. The minimum atomic E-state index is -1.21. The van der Waals surface area contributed by atoms with E-state index in [0.717, 1.165) is 37.8 Å². The van der Waals surface area contributed by atoms with E-state index in [1.807, 2.05) is 0 Å². The Morgan fingerprint density at radius 1 is 1.19 bits per heavy atom. The fourth-order valence-electron chi connectivity index (χ4n) is 7.74. The van der Waals surface area contributed by atoms with Gasteiger partial charge in [0, 0.05) is 43.2 Å². The zero-order chi connectivity index (χ0) is 30.7. The van der Waals surface area contributed by atoms with Crippen LogP contribution >= 0.6 is 11.6 Å². The monoisotopic (exact) mass is 617 g/mol. The molecule has 234 valence electrons. The number of hydrazine groups is 1. The highest BCUT2D eigenvalue weighted by atomic mass is 35.5. The lowest BCUT2D eigenvalue weighted by molar-refractivity contribution is -0.162. The van der Waals surface area contributed by atoms with Gasteiger partial charge in [-0.25, -0.2) is 10.2 Å². The SMILES string of the molecule is C[C@]1(C(=O)O)CCCC[C@H]1C(=O)N1CCc2c(Cl)cc(F)c(OC/C(N)=C3\CCCN3N)c2[C@H]1CN1CC2(CC2)CC1=O. The maximum atomic E-state index is 15.8. The van der Waals surface area contributed by atoms with Crippen LogP contribution < -0.4 is 16.3 Å². The summed E-state index contributed by atoms with van der Waals surface area (Å²) < 4.78 is 21.9. The number of rotatable bonds is 7. The zero-order valence-corrected chi connectivity index (χ0v) is 25.4. The van der Waals surface area contributed by atoms with Crippen molar-refractivity contribution < 1.29 is 28.6 Å². The Morgan fingerprint density at radius 2 is 1.95 bits per heavy atom. The molecule has 1 spiro atoms. The molecule has 1 aromatic carbocycles. The first kappa shape index (κ1) is 30.0. The molecule has 2 aliphatic carbocycles. The summed E-state index contributed by atoms with van der Waals surface area (Å²) in [5, 5.41) is 12.0. The number of carbonyl (C=O) groups excluding carboxylic acids is 2. The van der Waals surface area contributed by atoms with Crippen LogP contribution in [-0.4, -0.2) is 70.5 Å². The zero-order valence-electron chi connectivity index (χ0n) is 24.7. The minimum absolute atomic E-state index is 0.00767. The van der Waals surface area contributed by atoms with Gasteiger partial charge in [0.05, 0.1) is 28.8 Å². The van der Waals surface area contributed by atoms with E-state index in [0.29, 0.717) is 62.0 Å². The van der Waals surface area contributed by atoms with E-state index < -0.39 is 29.2 Å². The van der Waals surface area contributed by atoms with E-state index in [2.05, 4.69) is 0 Å². The van der Waals surface area contributed by atoms with Gasteiger partial charge in [-0.2, -0.15) is 0 Å². The average molecular weight is 618 g/mol. The number of carbonyl (C=O) groups is 3. The van der Waals surface area contributed by atoms with E-state index >= 15 is 4.39 Å². The summed E-state index contributed by atoms with van der Waals surface area (Å²) in [6, 6.07) is 0.463. The fourth-order valence-corrected chi connectivity index (χ4v) is 8.03. The van der Waals surface area contributed by atoms with Crippen LogP contribution in [0.25, 0.3) is 0 Å². The molecule has 10 nitrogen and oxygen atoms in total. The van der Waals surface area contributed by atoms with Crippen molar-refractivity contribution in [3.05, 3.63) is 39.4 Å². The predicted molar refractivity (Wildman–Crippen MR) is 157 cm³/mol. The van der Waals surface area contributed by atoms with Crippen molar-refractivity contribution in [1.29, 1.82) is 0 Å². The number of carboxylic acid groups (broad SMARTS) is 1. The second-order valence-electron chi connectivity index (χ2n) is 13.4. The molecular formula is C31H41ClFN5O5. The molecule has 0 unspecified atom stereocenters. The number of aliphatic carboxylic acids is 1. The molecule has 1 aromatic rings. The fraction of sp³-hybridized carbons (Fsp3) is 0.645. The minimum Gasteiger partial charge on any atom is -0.484 e. The molecule has 0 aromatic heterocycles. The van der Waals surface area contributed by atoms with E-state index in [9.17, 15) is 19.5 Å². The van der Waals surface area contributed by atoms with Gasteiger partial charge in [-0.15, -0.1) is 0 Å². The number of nitrogens with zero attached hydrogens (tertiary/aromatic N) is 3. The molecule has 12 heteroatoms. The van der Waals surface area contributed by atoms with Crippen molar-refractivity contribution in [3.63, 3.8) is 0 Å². The van der Waals surface area contributed by atoms with Crippen LogP contribution in [0.5, 0.6) is 5.75 Å². The Balaban J connectivity index is 1.40. The highest BCUT2D eigenvalue weighted by Crippen LogP contribution is 2.54. The van der Waals surface area contributed by atoms with Crippen molar-refractivity contribution in [2.24, 2.45) is 28.3 Å². The topological polar surface area (TPSA) is 142 Å². The van der Waals surface area contributed by atoms with Crippen molar-refractivity contribution in [1.82, 2.24) is 14.8 Å². The van der Waals surface area contributed by atoms with Gasteiger partial charge in [0.2, 0.25) is 11.8 Å². The highest BCUT2D eigenvalue weighted by Gasteiger charge is 2.54. The summed E-state index contributed by atoms with van der Waals surface area (Å²) in [6.07, 6.45) is 6.68. The molecule has 3 heterocycles. The number of carboxylic acids is 1. The van der Waals surface area contributed by atoms with Crippen molar-refractivity contribution in [3.8, 4) is 5.75 Å². The van der Waals surface area contributed by atoms with E-state index in [4.69, 9.17) is 27.9 Å². The Morgan fingerprint density at radius 3 is 2.60 bits per heavy atom. The first-order valence-electron chi connectivity index (χ1n) is 15.4. The van der Waals surface area contributed by atoms with Gasteiger partial charge in [0.25, 0.3) is 0 Å². The van der Waals surface area contributed by atoms with Gasteiger partial charge >= 0.3 is 5.97 Å². The molecule has 3 aliphatic heterocycles. The van der Waals surface area contributed by atoms with Crippen LogP contribution in [0.1, 0.15) is 81.9 Å². The van der Waals surface area contributed by atoms with Crippen LogP contribution in [0.15, 0.2) is 17.5 Å². The van der Waals surface area contributed by atoms with Crippen molar-refractivity contribution in [2.75, 3.05) is 32.8 Å². The number of halogens is 2. The summed E-state index contributed by atoms with van der Waals surface area (Å²) in [6.45, 7) is 3.21. The average Bonchev–Trinajstić information content (AvgIpc) is 3.45. The molecule has 2 saturated carbocycles. The number of ether oxygens (including phenoxy) is 1. The summed E-state index contributed by atoms with van der Waals surface area (Å²) in [4.78, 5) is 43.4.